The number of hydrogen-bond acceptors (Lipinski definition) is 9. The van der Waals surface area contributed by atoms with E-state index in [4.69, 9.17) is 24.9 Å². The van der Waals surface area contributed by atoms with Gasteiger partial charge in [-0.25, -0.2) is 5.90 Å². The fourth-order valence-corrected chi connectivity index (χ4v) is 1.00. The molecule has 0 aromatic heterocycles. The Morgan fingerprint density at radius 2 is 1.40 bits per heavy atom. The molecule has 0 aliphatic heterocycles. The van der Waals surface area contributed by atoms with Gasteiger partial charge in [0, 0.05) is 0 Å². The molecule has 0 atom stereocenters. The lowest BCUT2D eigenvalue weighted by molar-refractivity contribution is -0.142. The van der Waals surface area contributed by atoms with E-state index in [2.05, 4.69) is 15.1 Å². The largest absolute Gasteiger partial charge is 0.468 e. The van der Waals surface area contributed by atoms with Crippen molar-refractivity contribution in [3.63, 3.8) is 0 Å². The summed E-state index contributed by atoms with van der Waals surface area (Å²) in [6.45, 7) is 3.49. The zero-order valence-corrected chi connectivity index (χ0v) is 11.8. The van der Waals surface area contributed by atoms with Crippen molar-refractivity contribution in [3.8, 4) is 0 Å². The molecule has 9 heteroatoms. The normalized spacial score (nSPS) is 10.7. The molecular formula is C11H24N2O7. The number of methoxy groups -OCH3 is 1. The summed E-state index contributed by atoms with van der Waals surface area (Å²) in [7, 11) is 1.31. The molecule has 0 amide bonds. The van der Waals surface area contributed by atoms with E-state index in [9.17, 15) is 4.79 Å². The number of nitrogens with two attached hydrogens (primary N) is 1. The minimum atomic E-state index is -0.389. The first-order valence-electron chi connectivity index (χ1n) is 6.27. The maximum atomic E-state index is 10.7. The highest BCUT2D eigenvalue weighted by Crippen LogP contribution is 1.82. The van der Waals surface area contributed by atoms with E-state index in [1.54, 1.807) is 0 Å². The summed E-state index contributed by atoms with van der Waals surface area (Å²) >= 11 is 0. The first-order chi connectivity index (χ1) is 9.81. The number of hydrogen-bond donors (Lipinski definition) is 2. The maximum absolute atomic E-state index is 10.7. The van der Waals surface area contributed by atoms with E-state index in [1.165, 1.54) is 7.11 Å². The SMILES string of the molecule is COC(=O)CNOCCOCCOCCOCCON. The van der Waals surface area contributed by atoms with Gasteiger partial charge in [0.1, 0.15) is 6.54 Å². The monoisotopic (exact) mass is 296 g/mol. The predicted molar refractivity (Wildman–Crippen MR) is 68.6 cm³/mol. The molecule has 0 fully saturated rings. The summed E-state index contributed by atoms with van der Waals surface area (Å²) in [4.78, 5) is 20.0. The fourth-order valence-electron chi connectivity index (χ4n) is 1.00. The highest BCUT2D eigenvalue weighted by atomic mass is 16.7. The Bertz CT molecular complexity index is 219. The molecule has 120 valence electrons. The lowest BCUT2D eigenvalue weighted by atomic mass is 10.7. The third kappa shape index (κ3) is 15.2. The zero-order chi connectivity index (χ0) is 14.9. The highest BCUT2D eigenvalue weighted by Gasteiger charge is 1.98. The van der Waals surface area contributed by atoms with Crippen molar-refractivity contribution in [2.75, 3.05) is 66.5 Å². The van der Waals surface area contributed by atoms with Gasteiger partial charge in [0.05, 0.1) is 60.0 Å². The molecule has 0 unspecified atom stereocenters. The first kappa shape index (κ1) is 19.2. The van der Waals surface area contributed by atoms with Crippen molar-refractivity contribution in [1.29, 1.82) is 0 Å². The molecule has 0 spiro atoms. The Morgan fingerprint density at radius 1 is 0.900 bits per heavy atom. The standard InChI is InChI=1S/C11H24N2O7/c1-15-11(14)10-13-20-9-7-18-5-3-16-2-4-17-6-8-19-12/h13H,2-10,12H2,1H3. The van der Waals surface area contributed by atoms with E-state index in [1.807, 2.05) is 0 Å². The molecule has 0 aliphatic carbocycles. The van der Waals surface area contributed by atoms with E-state index >= 15 is 0 Å². The number of ether oxygens (including phenoxy) is 4. The number of hydroxylamine groups is 1. The van der Waals surface area contributed by atoms with Gasteiger partial charge in [0.25, 0.3) is 0 Å². The number of carbonyl (C=O) groups excluding carboxylic acids is 1. The van der Waals surface area contributed by atoms with Crippen LogP contribution < -0.4 is 11.4 Å². The van der Waals surface area contributed by atoms with Crippen LogP contribution in [-0.2, 0) is 33.4 Å². The summed E-state index contributed by atoms with van der Waals surface area (Å²) in [6, 6.07) is 0. The van der Waals surface area contributed by atoms with Gasteiger partial charge < -0.3 is 23.8 Å². The number of nitrogens with one attached hydrogen (secondary N) is 1. The zero-order valence-electron chi connectivity index (χ0n) is 11.8. The summed E-state index contributed by atoms with van der Waals surface area (Å²) in [6.07, 6.45) is 0. The second-order valence-corrected chi connectivity index (χ2v) is 3.45. The van der Waals surface area contributed by atoms with Gasteiger partial charge in [-0.05, 0) is 0 Å². The van der Waals surface area contributed by atoms with Crippen LogP contribution in [0, 0.1) is 0 Å². The Kier molecular flexibility index (Phi) is 15.6. The lowest BCUT2D eigenvalue weighted by Gasteiger charge is -2.07. The molecule has 0 aliphatic rings. The van der Waals surface area contributed by atoms with E-state index < -0.39 is 0 Å². The Balaban J connectivity index is 2.97. The van der Waals surface area contributed by atoms with Crippen LogP contribution in [0.3, 0.4) is 0 Å². The molecule has 0 bridgehead atoms. The van der Waals surface area contributed by atoms with Gasteiger partial charge in [-0.1, -0.05) is 0 Å². The average molecular weight is 296 g/mol. The van der Waals surface area contributed by atoms with Gasteiger partial charge in [0.2, 0.25) is 0 Å². The van der Waals surface area contributed by atoms with Crippen molar-refractivity contribution < 1.29 is 33.4 Å². The van der Waals surface area contributed by atoms with Gasteiger partial charge in [-0.15, -0.1) is 0 Å². The van der Waals surface area contributed by atoms with E-state index in [-0.39, 0.29) is 12.5 Å². The Morgan fingerprint density at radius 3 is 1.90 bits per heavy atom. The number of carbonyl (C=O) groups is 1. The molecule has 0 saturated heterocycles. The molecule has 0 saturated carbocycles. The summed E-state index contributed by atoms with van der Waals surface area (Å²) in [5, 5.41) is 0. The highest BCUT2D eigenvalue weighted by molar-refractivity contribution is 5.71. The third-order valence-electron chi connectivity index (χ3n) is 1.97. The van der Waals surface area contributed by atoms with Gasteiger partial charge in [0.15, 0.2) is 0 Å². The van der Waals surface area contributed by atoms with Crippen molar-refractivity contribution in [1.82, 2.24) is 5.48 Å². The summed E-state index contributed by atoms with van der Waals surface area (Å²) in [5.41, 5.74) is 2.45. The minimum Gasteiger partial charge on any atom is -0.468 e. The topological polar surface area (TPSA) is 111 Å². The second kappa shape index (κ2) is 16.2. The molecule has 0 aromatic carbocycles. The molecule has 0 aromatic rings. The van der Waals surface area contributed by atoms with Crippen LogP contribution in [0.4, 0.5) is 0 Å². The van der Waals surface area contributed by atoms with Crippen molar-refractivity contribution in [2.24, 2.45) is 5.90 Å². The van der Waals surface area contributed by atoms with Crippen LogP contribution in [0.5, 0.6) is 0 Å². The van der Waals surface area contributed by atoms with Crippen LogP contribution in [-0.4, -0.2) is 72.5 Å². The molecule has 0 rings (SSSR count). The smallest absolute Gasteiger partial charge is 0.322 e. The summed E-state index contributed by atoms with van der Waals surface area (Å²) in [5.74, 6) is 4.44. The molecular weight excluding hydrogens is 272 g/mol. The van der Waals surface area contributed by atoms with Crippen LogP contribution >= 0.6 is 0 Å². The molecule has 0 heterocycles. The quantitative estimate of drug-likeness (QED) is 0.214. The van der Waals surface area contributed by atoms with Crippen molar-refractivity contribution in [3.05, 3.63) is 0 Å². The average Bonchev–Trinajstić information content (AvgIpc) is 2.47. The molecule has 3 N–H and O–H groups in total. The van der Waals surface area contributed by atoms with Crippen LogP contribution in [0.15, 0.2) is 0 Å². The van der Waals surface area contributed by atoms with Crippen LogP contribution in [0.25, 0.3) is 0 Å². The van der Waals surface area contributed by atoms with Crippen molar-refractivity contribution in [2.45, 2.75) is 0 Å². The summed E-state index contributed by atoms with van der Waals surface area (Å²) < 4.78 is 20.0. The molecule has 9 nitrogen and oxygen atoms in total. The number of esters is 1. The predicted octanol–water partition coefficient (Wildman–Crippen LogP) is -1.38. The maximum Gasteiger partial charge on any atom is 0.322 e. The second-order valence-electron chi connectivity index (χ2n) is 3.45. The van der Waals surface area contributed by atoms with Gasteiger partial charge >= 0.3 is 5.97 Å². The van der Waals surface area contributed by atoms with Crippen LogP contribution in [0.2, 0.25) is 0 Å². The first-order valence-corrected chi connectivity index (χ1v) is 6.27. The fraction of sp³-hybridized carbons (Fsp3) is 0.909. The Hall–Kier alpha value is -0.810. The Labute approximate surface area is 118 Å². The van der Waals surface area contributed by atoms with E-state index in [0.717, 1.165) is 0 Å². The van der Waals surface area contributed by atoms with E-state index in [0.29, 0.717) is 52.9 Å². The van der Waals surface area contributed by atoms with Crippen molar-refractivity contribution >= 4 is 5.97 Å². The molecule has 0 radical (unpaired) electrons. The lowest BCUT2D eigenvalue weighted by Crippen LogP contribution is -2.25. The van der Waals surface area contributed by atoms with Crippen LogP contribution in [0.1, 0.15) is 0 Å². The van der Waals surface area contributed by atoms with Gasteiger partial charge in [-0.2, -0.15) is 5.48 Å². The van der Waals surface area contributed by atoms with Gasteiger partial charge in [-0.3, -0.25) is 9.63 Å². The minimum absolute atomic E-state index is 0.00874. The third-order valence-corrected chi connectivity index (χ3v) is 1.97. The number of rotatable bonds is 15. The molecule has 20 heavy (non-hydrogen) atoms.